The van der Waals surface area contributed by atoms with E-state index in [1.807, 2.05) is 0 Å². The van der Waals surface area contributed by atoms with Gasteiger partial charge in [0.05, 0.1) is 22.9 Å². The molecular formula is C19H13F4N3O3. The molecule has 10 heteroatoms. The summed E-state index contributed by atoms with van der Waals surface area (Å²) in [5.74, 6) is -1.24. The van der Waals surface area contributed by atoms with Gasteiger partial charge in [0.15, 0.2) is 5.54 Å². The summed E-state index contributed by atoms with van der Waals surface area (Å²) in [7, 11) is 1.15. The van der Waals surface area contributed by atoms with Crippen LogP contribution in [0.4, 0.5) is 28.0 Å². The third kappa shape index (κ3) is 2.95. The highest BCUT2D eigenvalue weighted by molar-refractivity contribution is 6.23. The van der Waals surface area contributed by atoms with Gasteiger partial charge in [0.2, 0.25) is 0 Å². The first-order valence-electron chi connectivity index (χ1n) is 8.17. The number of alkyl halides is 4. The van der Waals surface area contributed by atoms with E-state index < -0.39 is 47.1 Å². The van der Waals surface area contributed by atoms with Crippen LogP contribution in [0.2, 0.25) is 0 Å². The van der Waals surface area contributed by atoms with Gasteiger partial charge in [-0.15, -0.1) is 0 Å². The summed E-state index contributed by atoms with van der Waals surface area (Å²) in [4.78, 5) is 27.1. The molecule has 1 heterocycles. The molecular weight excluding hydrogens is 394 g/mol. The standard InChI is InChI=1S/C19H13F4N3O3/c1-25-17(29)26(13-5-2-11(9-24)15(8-13)19(21,22)23)16(28)18(25,10-20)12-3-6-14(27)7-4-12/h2-8,27H,10H2,1H3/t18-/m0/s1. The Kier molecular flexibility index (Phi) is 4.70. The molecule has 0 bridgehead atoms. The minimum Gasteiger partial charge on any atom is -0.508 e. The third-order valence-electron chi connectivity index (χ3n) is 4.83. The van der Waals surface area contributed by atoms with Crippen molar-refractivity contribution in [3.8, 4) is 11.8 Å². The molecule has 6 nitrogen and oxygen atoms in total. The quantitative estimate of drug-likeness (QED) is 0.623. The van der Waals surface area contributed by atoms with Gasteiger partial charge in [-0.2, -0.15) is 18.4 Å². The third-order valence-corrected chi connectivity index (χ3v) is 4.83. The summed E-state index contributed by atoms with van der Waals surface area (Å²) >= 11 is 0. The van der Waals surface area contributed by atoms with E-state index in [4.69, 9.17) is 5.26 Å². The number of hydrogen-bond donors (Lipinski definition) is 1. The Morgan fingerprint density at radius 3 is 2.28 bits per heavy atom. The van der Waals surface area contributed by atoms with Crippen molar-refractivity contribution in [2.24, 2.45) is 0 Å². The summed E-state index contributed by atoms with van der Waals surface area (Å²) in [6.07, 6.45) is -4.90. The maximum absolute atomic E-state index is 14.2. The second-order valence-corrected chi connectivity index (χ2v) is 6.36. The van der Waals surface area contributed by atoms with Gasteiger partial charge >= 0.3 is 12.2 Å². The molecule has 0 aromatic heterocycles. The van der Waals surface area contributed by atoms with Crippen LogP contribution in [-0.4, -0.2) is 35.7 Å². The maximum Gasteiger partial charge on any atom is 0.417 e. The van der Waals surface area contributed by atoms with Crippen molar-refractivity contribution in [1.29, 1.82) is 5.26 Å². The van der Waals surface area contributed by atoms with E-state index in [9.17, 15) is 32.3 Å². The molecule has 0 spiro atoms. The van der Waals surface area contributed by atoms with Crippen molar-refractivity contribution >= 4 is 17.6 Å². The highest BCUT2D eigenvalue weighted by Crippen LogP contribution is 2.41. The molecule has 0 unspecified atom stereocenters. The molecule has 0 saturated carbocycles. The first-order valence-corrected chi connectivity index (χ1v) is 8.17. The largest absolute Gasteiger partial charge is 0.508 e. The predicted octanol–water partition coefficient (Wildman–Crippen LogP) is 3.55. The molecule has 2 aromatic carbocycles. The van der Waals surface area contributed by atoms with Gasteiger partial charge < -0.3 is 10.0 Å². The minimum absolute atomic E-state index is 0.0471. The number of halogens is 4. The number of amides is 3. The van der Waals surface area contributed by atoms with E-state index in [1.54, 1.807) is 0 Å². The Balaban J connectivity index is 2.16. The van der Waals surface area contributed by atoms with Crippen molar-refractivity contribution in [2.75, 3.05) is 18.6 Å². The smallest absolute Gasteiger partial charge is 0.417 e. The van der Waals surface area contributed by atoms with Gasteiger partial charge in [-0.05, 0) is 35.9 Å². The average Bonchev–Trinajstić information content (AvgIpc) is 2.88. The number of nitrogens with zero attached hydrogens (tertiary/aromatic N) is 3. The second-order valence-electron chi connectivity index (χ2n) is 6.36. The number of urea groups is 1. The molecule has 1 fully saturated rings. The van der Waals surface area contributed by atoms with Crippen LogP contribution in [0.3, 0.4) is 0 Å². The number of benzene rings is 2. The Hall–Kier alpha value is -3.61. The predicted molar refractivity (Wildman–Crippen MR) is 92.6 cm³/mol. The summed E-state index contributed by atoms with van der Waals surface area (Å²) in [6, 6.07) is 7.64. The first kappa shape index (κ1) is 20.1. The molecule has 2 aromatic rings. The summed E-state index contributed by atoms with van der Waals surface area (Å²) in [6.45, 7) is -1.34. The number of carbonyl (C=O) groups excluding carboxylic acids is 2. The maximum atomic E-state index is 14.2. The zero-order valence-corrected chi connectivity index (χ0v) is 14.9. The highest BCUT2D eigenvalue weighted by Gasteiger charge is 2.58. The number of anilines is 1. The number of phenolic OH excluding ortho intramolecular Hbond substituents is 1. The van der Waals surface area contributed by atoms with Crippen molar-refractivity contribution in [3.63, 3.8) is 0 Å². The number of aromatic hydroxyl groups is 1. The van der Waals surface area contributed by atoms with Crippen molar-refractivity contribution in [3.05, 3.63) is 59.2 Å². The second kappa shape index (κ2) is 6.77. The fraction of sp³-hybridized carbons (Fsp3) is 0.211. The Morgan fingerprint density at radius 1 is 1.14 bits per heavy atom. The fourth-order valence-electron chi connectivity index (χ4n) is 3.24. The van der Waals surface area contributed by atoms with E-state index in [2.05, 4.69) is 0 Å². The number of imide groups is 1. The van der Waals surface area contributed by atoms with Crippen LogP contribution < -0.4 is 4.90 Å². The zero-order chi connectivity index (χ0) is 21.6. The molecule has 1 atom stereocenters. The molecule has 3 amide bonds. The highest BCUT2D eigenvalue weighted by atomic mass is 19.4. The molecule has 1 aliphatic heterocycles. The van der Waals surface area contributed by atoms with Gasteiger partial charge in [-0.3, -0.25) is 4.79 Å². The van der Waals surface area contributed by atoms with Crippen LogP contribution in [-0.2, 0) is 16.5 Å². The number of carbonyl (C=O) groups is 2. The van der Waals surface area contributed by atoms with E-state index in [1.165, 1.54) is 30.3 Å². The Morgan fingerprint density at radius 2 is 1.76 bits per heavy atom. The number of nitriles is 1. The van der Waals surface area contributed by atoms with Gasteiger partial charge in [0.1, 0.15) is 12.4 Å². The van der Waals surface area contributed by atoms with Crippen LogP contribution in [0.1, 0.15) is 16.7 Å². The first-order chi connectivity index (χ1) is 13.6. The lowest BCUT2D eigenvalue weighted by atomic mass is 9.89. The van der Waals surface area contributed by atoms with E-state index in [0.29, 0.717) is 11.0 Å². The Labute approximate surface area is 162 Å². The minimum atomic E-state index is -4.90. The summed E-state index contributed by atoms with van der Waals surface area (Å²) in [5.41, 5.74) is -4.48. The van der Waals surface area contributed by atoms with Gasteiger partial charge in [0.25, 0.3) is 5.91 Å². The lowest BCUT2D eigenvalue weighted by Gasteiger charge is -2.30. The molecule has 0 aliphatic carbocycles. The zero-order valence-electron chi connectivity index (χ0n) is 14.9. The molecule has 1 N–H and O–H groups in total. The molecule has 0 radical (unpaired) electrons. The van der Waals surface area contributed by atoms with Crippen LogP contribution in [0, 0.1) is 11.3 Å². The van der Waals surface area contributed by atoms with Gasteiger partial charge in [-0.25, -0.2) is 14.1 Å². The van der Waals surface area contributed by atoms with E-state index in [0.717, 1.165) is 24.1 Å². The fourth-order valence-corrected chi connectivity index (χ4v) is 3.24. The SMILES string of the molecule is CN1C(=O)N(c2ccc(C#N)c(C(F)(F)F)c2)C(=O)[C@]1(CF)c1ccc(O)cc1. The lowest BCUT2D eigenvalue weighted by Crippen LogP contribution is -2.47. The van der Waals surface area contributed by atoms with Gasteiger partial charge in [0, 0.05) is 7.05 Å². The van der Waals surface area contributed by atoms with Crippen LogP contribution in [0.25, 0.3) is 0 Å². The summed E-state index contributed by atoms with van der Waals surface area (Å²) < 4.78 is 53.9. The molecule has 3 rings (SSSR count). The monoisotopic (exact) mass is 407 g/mol. The topological polar surface area (TPSA) is 84.6 Å². The van der Waals surface area contributed by atoms with Crippen LogP contribution >= 0.6 is 0 Å². The molecule has 1 aliphatic rings. The number of rotatable bonds is 3. The van der Waals surface area contributed by atoms with Crippen molar-refractivity contribution in [1.82, 2.24) is 4.90 Å². The normalized spacial score (nSPS) is 19.6. The molecule has 29 heavy (non-hydrogen) atoms. The molecule has 150 valence electrons. The van der Waals surface area contributed by atoms with E-state index in [-0.39, 0.29) is 11.3 Å². The number of likely N-dealkylation sites (N-methyl/N-ethyl adjacent to an activating group) is 1. The lowest BCUT2D eigenvalue weighted by molar-refractivity contribution is -0.137. The van der Waals surface area contributed by atoms with E-state index >= 15 is 0 Å². The Bertz CT molecular complexity index is 1030. The molecule has 1 saturated heterocycles. The average molecular weight is 407 g/mol. The van der Waals surface area contributed by atoms with Crippen molar-refractivity contribution < 1.29 is 32.3 Å². The van der Waals surface area contributed by atoms with Crippen LogP contribution in [0.15, 0.2) is 42.5 Å². The van der Waals surface area contributed by atoms with Crippen LogP contribution in [0.5, 0.6) is 5.75 Å². The number of hydrogen-bond acceptors (Lipinski definition) is 4. The summed E-state index contributed by atoms with van der Waals surface area (Å²) in [5, 5.41) is 18.3. The van der Waals surface area contributed by atoms with Gasteiger partial charge in [-0.1, -0.05) is 12.1 Å². The van der Waals surface area contributed by atoms with Crippen molar-refractivity contribution in [2.45, 2.75) is 11.7 Å². The number of phenols is 1.